The number of nitrogens with zero attached hydrogens (tertiary/aromatic N) is 1. The zero-order chi connectivity index (χ0) is 14.5. The summed E-state index contributed by atoms with van der Waals surface area (Å²) in [6, 6.07) is 7.23. The second-order valence-electron chi connectivity index (χ2n) is 4.24. The van der Waals surface area contributed by atoms with Gasteiger partial charge in [-0.3, -0.25) is 9.59 Å². The average molecular weight is 293 g/mol. The van der Waals surface area contributed by atoms with E-state index in [4.69, 9.17) is 9.84 Å². The van der Waals surface area contributed by atoms with Crippen molar-refractivity contribution in [3.63, 3.8) is 0 Å². The first kappa shape index (κ1) is 14.5. The van der Waals surface area contributed by atoms with Crippen LogP contribution in [0.4, 0.5) is 0 Å². The summed E-state index contributed by atoms with van der Waals surface area (Å²) in [6.45, 7) is 0.796. The molecule has 0 amide bonds. The lowest BCUT2D eigenvalue weighted by Gasteiger charge is -2.12. The largest absolute Gasteiger partial charge is 0.481 e. The Balaban J connectivity index is 2.49. The first-order valence-corrected chi connectivity index (χ1v) is 6.98. The molecule has 0 saturated heterocycles. The Morgan fingerprint density at radius 2 is 2.20 bits per heavy atom. The molecule has 0 saturated carbocycles. The van der Waals surface area contributed by atoms with Crippen LogP contribution in [0.5, 0.6) is 0 Å². The smallest absolute Gasteiger partial charge is 0.308 e. The number of aliphatic carboxylic acids is 1. The maximum absolute atomic E-state index is 12.4. The van der Waals surface area contributed by atoms with Gasteiger partial charge < -0.3 is 14.4 Å². The van der Waals surface area contributed by atoms with E-state index < -0.39 is 5.97 Å². The highest BCUT2D eigenvalue weighted by atomic mass is 32.1. The van der Waals surface area contributed by atoms with Crippen molar-refractivity contribution >= 4 is 17.3 Å². The fourth-order valence-electron chi connectivity index (χ4n) is 1.97. The Morgan fingerprint density at radius 3 is 2.80 bits per heavy atom. The van der Waals surface area contributed by atoms with Crippen LogP contribution in [0.2, 0.25) is 0 Å². The second kappa shape index (κ2) is 6.49. The van der Waals surface area contributed by atoms with E-state index in [0.717, 1.165) is 10.6 Å². The maximum Gasteiger partial charge on any atom is 0.308 e. The highest BCUT2D eigenvalue weighted by Crippen LogP contribution is 2.23. The van der Waals surface area contributed by atoms with E-state index in [1.165, 1.54) is 11.3 Å². The van der Waals surface area contributed by atoms with Gasteiger partial charge in [-0.1, -0.05) is 12.1 Å². The predicted molar refractivity (Wildman–Crippen MR) is 77.2 cm³/mol. The molecule has 2 heterocycles. The summed E-state index contributed by atoms with van der Waals surface area (Å²) in [5.74, 6) is -1.01. The predicted octanol–water partition coefficient (Wildman–Crippen LogP) is 1.85. The van der Waals surface area contributed by atoms with E-state index in [9.17, 15) is 9.59 Å². The van der Waals surface area contributed by atoms with E-state index in [0.29, 0.717) is 13.2 Å². The summed E-state index contributed by atoms with van der Waals surface area (Å²) in [4.78, 5) is 24.1. The molecule has 5 nitrogen and oxygen atoms in total. The lowest BCUT2D eigenvalue weighted by Crippen LogP contribution is -2.27. The summed E-state index contributed by atoms with van der Waals surface area (Å²) in [6.07, 6.45) is -0.267. The summed E-state index contributed by atoms with van der Waals surface area (Å²) < 4.78 is 6.60. The molecule has 0 aliphatic carbocycles. The highest BCUT2D eigenvalue weighted by molar-refractivity contribution is 7.13. The van der Waals surface area contributed by atoms with Gasteiger partial charge in [0.1, 0.15) is 0 Å². The van der Waals surface area contributed by atoms with Crippen LogP contribution in [-0.2, 0) is 22.5 Å². The number of aromatic nitrogens is 1. The Labute approximate surface area is 120 Å². The van der Waals surface area contributed by atoms with E-state index in [2.05, 4.69) is 0 Å². The van der Waals surface area contributed by atoms with E-state index >= 15 is 0 Å². The van der Waals surface area contributed by atoms with E-state index in [1.807, 2.05) is 17.5 Å². The standard InChI is InChI=1S/C14H15NO4S/c1-19-7-6-15-11(12-3-2-8-20-12)5-4-10(14(15)18)9-13(16)17/h2-5,8H,6-7,9H2,1H3,(H,16,17). The van der Waals surface area contributed by atoms with Gasteiger partial charge in [0, 0.05) is 19.2 Å². The molecule has 0 unspecified atom stereocenters. The lowest BCUT2D eigenvalue weighted by molar-refractivity contribution is -0.136. The molecule has 0 aromatic carbocycles. The Hall–Kier alpha value is -1.92. The molecule has 20 heavy (non-hydrogen) atoms. The molecule has 2 rings (SSSR count). The minimum Gasteiger partial charge on any atom is -0.481 e. The quantitative estimate of drug-likeness (QED) is 0.882. The van der Waals surface area contributed by atoms with E-state index in [1.54, 1.807) is 23.8 Å². The number of ether oxygens (including phenoxy) is 1. The molecule has 2 aromatic heterocycles. The van der Waals surface area contributed by atoms with Crippen molar-refractivity contribution in [2.45, 2.75) is 13.0 Å². The molecule has 0 spiro atoms. The van der Waals surface area contributed by atoms with Gasteiger partial charge in [-0.05, 0) is 17.5 Å². The van der Waals surface area contributed by atoms with Gasteiger partial charge in [-0.2, -0.15) is 0 Å². The third-order valence-electron chi connectivity index (χ3n) is 2.89. The molecule has 6 heteroatoms. The number of hydrogen-bond donors (Lipinski definition) is 1. The van der Waals surface area contributed by atoms with Gasteiger partial charge >= 0.3 is 5.97 Å². The fraction of sp³-hybridized carbons (Fsp3) is 0.286. The molecule has 0 bridgehead atoms. The lowest BCUT2D eigenvalue weighted by atomic mass is 10.1. The first-order valence-electron chi connectivity index (χ1n) is 6.11. The molecule has 0 atom stereocenters. The average Bonchev–Trinajstić information content (AvgIpc) is 2.93. The molecular formula is C14H15NO4S. The normalized spacial score (nSPS) is 10.7. The maximum atomic E-state index is 12.4. The monoisotopic (exact) mass is 293 g/mol. The SMILES string of the molecule is COCCn1c(-c2cccs2)ccc(CC(=O)O)c1=O. The first-order chi connectivity index (χ1) is 9.63. The van der Waals surface area contributed by atoms with Crippen LogP contribution < -0.4 is 5.56 Å². The van der Waals surface area contributed by atoms with Crippen molar-refractivity contribution in [2.75, 3.05) is 13.7 Å². The third kappa shape index (κ3) is 3.15. The minimum atomic E-state index is -1.01. The van der Waals surface area contributed by atoms with Gasteiger partial charge in [0.15, 0.2) is 0 Å². The molecule has 1 N–H and O–H groups in total. The number of carbonyl (C=O) groups is 1. The zero-order valence-electron chi connectivity index (χ0n) is 11.0. The van der Waals surface area contributed by atoms with Crippen LogP contribution in [0.3, 0.4) is 0 Å². The van der Waals surface area contributed by atoms with Crippen molar-refractivity contribution in [1.29, 1.82) is 0 Å². The summed E-state index contributed by atoms with van der Waals surface area (Å²) in [7, 11) is 1.57. The summed E-state index contributed by atoms with van der Waals surface area (Å²) >= 11 is 1.54. The fourth-order valence-corrected chi connectivity index (χ4v) is 2.72. The molecular weight excluding hydrogens is 278 g/mol. The van der Waals surface area contributed by atoms with Crippen LogP contribution in [0.25, 0.3) is 10.6 Å². The van der Waals surface area contributed by atoms with Gasteiger partial charge in [0.05, 0.1) is 23.6 Å². The zero-order valence-corrected chi connectivity index (χ0v) is 11.9. The van der Waals surface area contributed by atoms with Crippen LogP contribution in [0, 0.1) is 0 Å². The molecule has 0 radical (unpaired) electrons. The Bertz CT molecular complexity index is 646. The van der Waals surface area contributed by atoms with Crippen LogP contribution in [0.1, 0.15) is 5.56 Å². The van der Waals surface area contributed by atoms with Crippen molar-refractivity contribution in [1.82, 2.24) is 4.57 Å². The highest BCUT2D eigenvalue weighted by Gasteiger charge is 2.13. The number of pyridine rings is 1. The molecule has 106 valence electrons. The summed E-state index contributed by atoms with van der Waals surface area (Å²) in [5.41, 5.74) is 0.806. The molecule has 0 aliphatic heterocycles. The topological polar surface area (TPSA) is 68.5 Å². The number of carboxylic acid groups (broad SMARTS) is 1. The van der Waals surface area contributed by atoms with E-state index in [-0.39, 0.29) is 17.5 Å². The van der Waals surface area contributed by atoms with Crippen molar-refractivity contribution in [3.05, 3.63) is 45.6 Å². The number of methoxy groups -OCH3 is 1. The number of thiophene rings is 1. The van der Waals surface area contributed by atoms with Crippen LogP contribution in [-0.4, -0.2) is 29.4 Å². The molecule has 2 aromatic rings. The Morgan fingerprint density at radius 1 is 1.40 bits per heavy atom. The van der Waals surface area contributed by atoms with Crippen LogP contribution in [0.15, 0.2) is 34.4 Å². The number of hydrogen-bond acceptors (Lipinski definition) is 4. The van der Waals surface area contributed by atoms with Crippen LogP contribution >= 0.6 is 11.3 Å². The summed E-state index contributed by atoms with van der Waals surface area (Å²) in [5, 5.41) is 10.8. The Kier molecular flexibility index (Phi) is 4.70. The van der Waals surface area contributed by atoms with Gasteiger partial charge in [-0.25, -0.2) is 0 Å². The number of carboxylic acids is 1. The second-order valence-corrected chi connectivity index (χ2v) is 5.19. The van der Waals surface area contributed by atoms with Gasteiger partial charge in [0.25, 0.3) is 5.56 Å². The molecule has 0 aliphatic rings. The van der Waals surface area contributed by atoms with Crippen molar-refractivity contribution in [3.8, 4) is 10.6 Å². The van der Waals surface area contributed by atoms with Gasteiger partial charge in [-0.15, -0.1) is 11.3 Å². The van der Waals surface area contributed by atoms with Gasteiger partial charge in [0.2, 0.25) is 0 Å². The minimum absolute atomic E-state index is 0.267. The van der Waals surface area contributed by atoms with Crippen molar-refractivity contribution in [2.24, 2.45) is 0 Å². The third-order valence-corrected chi connectivity index (χ3v) is 3.78. The van der Waals surface area contributed by atoms with Crippen molar-refractivity contribution < 1.29 is 14.6 Å². The molecule has 0 fully saturated rings. The number of rotatable bonds is 6.